The molecule has 0 aromatic carbocycles. The Hall–Kier alpha value is -1.13. The van der Waals surface area contributed by atoms with Crippen LogP contribution in [0.5, 0.6) is 5.88 Å². The lowest BCUT2D eigenvalue weighted by Gasteiger charge is -2.34. The van der Waals surface area contributed by atoms with Crippen LogP contribution in [0, 0.1) is 0 Å². The normalized spacial score (nSPS) is 23.6. The van der Waals surface area contributed by atoms with E-state index in [0.717, 1.165) is 12.4 Å². The molecule has 0 radical (unpaired) electrons. The van der Waals surface area contributed by atoms with Gasteiger partial charge in [0.2, 0.25) is 5.88 Å². The SMILES string of the molecule is CNC1CCC(N(C)Cc2cccnc2OC)CC1. The molecule has 1 aromatic heterocycles. The van der Waals surface area contributed by atoms with Crippen LogP contribution in [-0.2, 0) is 6.54 Å². The molecule has 4 heteroatoms. The second-order valence-electron chi connectivity index (χ2n) is 5.38. The maximum absolute atomic E-state index is 5.32. The topological polar surface area (TPSA) is 37.4 Å². The van der Waals surface area contributed by atoms with Crippen molar-refractivity contribution in [3.8, 4) is 5.88 Å². The lowest BCUT2D eigenvalue weighted by molar-refractivity contribution is 0.168. The smallest absolute Gasteiger partial charge is 0.217 e. The van der Waals surface area contributed by atoms with Crippen molar-refractivity contribution in [1.82, 2.24) is 15.2 Å². The van der Waals surface area contributed by atoms with E-state index in [1.165, 1.54) is 31.2 Å². The monoisotopic (exact) mass is 263 g/mol. The summed E-state index contributed by atoms with van der Waals surface area (Å²) < 4.78 is 5.32. The molecule has 2 rings (SSSR count). The Kier molecular flexibility index (Phi) is 5.16. The van der Waals surface area contributed by atoms with Crippen molar-refractivity contribution in [2.75, 3.05) is 21.2 Å². The predicted octanol–water partition coefficient (Wildman–Crippen LogP) is 2.05. The minimum Gasteiger partial charge on any atom is -0.481 e. The van der Waals surface area contributed by atoms with Gasteiger partial charge in [0.15, 0.2) is 0 Å². The first-order chi connectivity index (χ1) is 9.24. The first-order valence-electron chi connectivity index (χ1n) is 7.10. The van der Waals surface area contributed by atoms with Gasteiger partial charge in [-0.25, -0.2) is 4.98 Å². The average Bonchev–Trinajstić information content (AvgIpc) is 2.48. The molecule has 0 saturated heterocycles. The van der Waals surface area contributed by atoms with Crippen molar-refractivity contribution in [3.05, 3.63) is 23.9 Å². The molecular formula is C15H25N3O. The van der Waals surface area contributed by atoms with Gasteiger partial charge in [-0.3, -0.25) is 4.90 Å². The molecule has 0 amide bonds. The summed E-state index contributed by atoms with van der Waals surface area (Å²) in [5.74, 6) is 0.748. The first-order valence-corrected chi connectivity index (χ1v) is 7.10. The van der Waals surface area contributed by atoms with Crippen LogP contribution in [0.2, 0.25) is 0 Å². The molecule has 0 spiro atoms. The van der Waals surface area contributed by atoms with Gasteiger partial charge in [-0.05, 0) is 45.8 Å². The molecular weight excluding hydrogens is 238 g/mol. The Bertz CT molecular complexity index is 389. The van der Waals surface area contributed by atoms with Gasteiger partial charge in [-0.1, -0.05) is 6.07 Å². The number of aromatic nitrogens is 1. The highest BCUT2D eigenvalue weighted by Gasteiger charge is 2.23. The summed E-state index contributed by atoms with van der Waals surface area (Å²) in [5.41, 5.74) is 1.17. The number of hydrogen-bond donors (Lipinski definition) is 1. The lowest BCUT2D eigenvalue weighted by atomic mass is 9.90. The second kappa shape index (κ2) is 6.87. The van der Waals surface area contributed by atoms with Crippen molar-refractivity contribution in [2.45, 2.75) is 44.3 Å². The van der Waals surface area contributed by atoms with Crippen LogP contribution in [-0.4, -0.2) is 43.2 Å². The van der Waals surface area contributed by atoms with E-state index in [-0.39, 0.29) is 0 Å². The molecule has 1 aromatic rings. The lowest BCUT2D eigenvalue weighted by Crippen LogP contribution is -2.39. The van der Waals surface area contributed by atoms with E-state index in [4.69, 9.17) is 4.74 Å². The molecule has 1 heterocycles. The van der Waals surface area contributed by atoms with E-state index < -0.39 is 0 Å². The van der Waals surface area contributed by atoms with Crippen LogP contribution in [0.15, 0.2) is 18.3 Å². The van der Waals surface area contributed by atoms with Gasteiger partial charge in [-0.15, -0.1) is 0 Å². The zero-order valence-corrected chi connectivity index (χ0v) is 12.2. The fourth-order valence-corrected chi connectivity index (χ4v) is 2.93. The predicted molar refractivity (Wildman–Crippen MR) is 77.4 cm³/mol. The molecule has 0 atom stereocenters. The first kappa shape index (κ1) is 14.3. The molecule has 0 bridgehead atoms. The summed E-state index contributed by atoms with van der Waals surface area (Å²) in [7, 11) is 5.95. The van der Waals surface area contributed by atoms with Gasteiger partial charge in [0, 0.05) is 30.4 Å². The Labute approximate surface area is 116 Å². The van der Waals surface area contributed by atoms with Crippen molar-refractivity contribution in [1.29, 1.82) is 0 Å². The minimum atomic E-state index is 0.675. The third kappa shape index (κ3) is 3.67. The maximum atomic E-state index is 5.32. The van der Waals surface area contributed by atoms with E-state index >= 15 is 0 Å². The number of nitrogens with zero attached hydrogens (tertiary/aromatic N) is 2. The fraction of sp³-hybridized carbons (Fsp3) is 0.667. The van der Waals surface area contributed by atoms with Crippen LogP contribution in [0.4, 0.5) is 0 Å². The summed E-state index contributed by atoms with van der Waals surface area (Å²) in [6.45, 7) is 0.909. The van der Waals surface area contributed by atoms with Crippen LogP contribution < -0.4 is 10.1 Å². The summed E-state index contributed by atoms with van der Waals surface area (Å²) in [5, 5.41) is 3.38. The molecule has 0 aliphatic heterocycles. The summed E-state index contributed by atoms with van der Waals surface area (Å²) in [6, 6.07) is 5.46. The van der Waals surface area contributed by atoms with Crippen LogP contribution in [0.3, 0.4) is 0 Å². The zero-order chi connectivity index (χ0) is 13.7. The number of hydrogen-bond acceptors (Lipinski definition) is 4. The van der Waals surface area contributed by atoms with Gasteiger partial charge in [0.1, 0.15) is 0 Å². The standard InChI is InChI=1S/C15H25N3O/c1-16-13-6-8-14(9-7-13)18(2)11-12-5-4-10-17-15(12)19-3/h4-5,10,13-14,16H,6-9,11H2,1-3H3. The molecule has 1 saturated carbocycles. The summed E-state index contributed by atoms with van der Waals surface area (Å²) in [4.78, 5) is 6.70. The van der Waals surface area contributed by atoms with Crippen LogP contribution >= 0.6 is 0 Å². The number of methoxy groups -OCH3 is 1. The molecule has 1 fully saturated rings. The molecule has 4 nitrogen and oxygen atoms in total. The van der Waals surface area contributed by atoms with Crippen molar-refractivity contribution >= 4 is 0 Å². The summed E-state index contributed by atoms with van der Waals surface area (Å²) >= 11 is 0. The molecule has 19 heavy (non-hydrogen) atoms. The Morgan fingerprint density at radius 2 is 2.11 bits per heavy atom. The third-order valence-corrected chi connectivity index (χ3v) is 4.19. The van der Waals surface area contributed by atoms with E-state index in [9.17, 15) is 0 Å². The number of nitrogens with one attached hydrogen (secondary N) is 1. The fourth-order valence-electron chi connectivity index (χ4n) is 2.93. The second-order valence-corrected chi connectivity index (χ2v) is 5.38. The van der Waals surface area contributed by atoms with Crippen molar-refractivity contribution in [2.24, 2.45) is 0 Å². The van der Waals surface area contributed by atoms with Gasteiger partial charge in [0.05, 0.1) is 7.11 Å². The number of rotatable bonds is 5. The van der Waals surface area contributed by atoms with Gasteiger partial charge >= 0.3 is 0 Å². The molecule has 106 valence electrons. The molecule has 1 N–H and O–H groups in total. The Morgan fingerprint density at radius 1 is 1.37 bits per heavy atom. The van der Waals surface area contributed by atoms with Gasteiger partial charge in [0.25, 0.3) is 0 Å². The largest absolute Gasteiger partial charge is 0.481 e. The van der Waals surface area contributed by atoms with Crippen LogP contribution in [0.25, 0.3) is 0 Å². The van der Waals surface area contributed by atoms with Crippen LogP contribution in [0.1, 0.15) is 31.2 Å². The summed E-state index contributed by atoms with van der Waals surface area (Å²) in [6.07, 6.45) is 6.86. The van der Waals surface area contributed by atoms with E-state index in [2.05, 4.69) is 35.4 Å². The molecule has 1 aliphatic rings. The average molecular weight is 263 g/mol. The van der Waals surface area contributed by atoms with Crippen molar-refractivity contribution in [3.63, 3.8) is 0 Å². The molecule has 0 unspecified atom stereocenters. The highest BCUT2D eigenvalue weighted by Crippen LogP contribution is 2.24. The third-order valence-electron chi connectivity index (χ3n) is 4.19. The molecule has 1 aliphatic carbocycles. The highest BCUT2D eigenvalue weighted by molar-refractivity contribution is 5.25. The highest BCUT2D eigenvalue weighted by atomic mass is 16.5. The Balaban J connectivity index is 1.92. The van der Waals surface area contributed by atoms with E-state index in [1.54, 1.807) is 13.3 Å². The Morgan fingerprint density at radius 3 is 2.74 bits per heavy atom. The van der Waals surface area contributed by atoms with Crippen molar-refractivity contribution < 1.29 is 4.74 Å². The zero-order valence-electron chi connectivity index (χ0n) is 12.2. The quantitative estimate of drug-likeness (QED) is 0.882. The number of pyridine rings is 1. The van der Waals surface area contributed by atoms with Gasteiger partial charge < -0.3 is 10.1 Å². The van der Waals surface area contributed by atoms with Gasteiger partial charge in [-0.2, -0.15) is 0 Å². The van der Waals surface area contributed by atoms with E-state index in [1.807, 2.05) is 6.07 Å². The maximum Gasteiger partial charge on any atom is 0.217 e. The van der Waals surface area contributed by atoms with E-state index in [0.29, 0.717) is 12.1 Å². The minimum absolute atomic E-state index is 0.675. The number of ether oxygens (including phenoxy) is 1.